The molecule has 0 fully saturated rings. The first-order chi connectivity index (χ1) is 3.91. The van der Waals surface area contributed by atoms with Gasteiger partial charge in [0.15, 0.2) is 0 Å². The number of aromatic nitrogens is 1. The summed E-state index contributed by atoms with van der Waals surface area (Å²) in [5, 5.41) is 0. The molecule has 1 aromatic heterocycles. The molecule has 8 heavy (non-hydrogen) atoms. The van der Waals surface area contributed by atoms with Crippen LogP contribution in [-0.4, -0.2) is 21.0 Å². The topological polar surface area (TPSA) is 26.0 Å². The Kier molecular flexibility index (Phi) is 8.87. The Hall–Kier alpha value is 0.936. The zero-order chi connectivity index (χ0) is 6.24. The molecule has 1 radical (unpaired) electrons. The molecular weight excluding hydrogens is 250 g/mol. The standard InChI is InChI=1S/C3H2NO.2BrH.Mg/c1-2-5-3-4-1;;;/h1-2H;2*1H;/q;;;+2/p-2. The van der Waals surface area contributed by atoms with Crippen LogP contribution in [0.2, 0.25) is 0 Å². The number of nitrogens with zero attached hydrogens (tertiary/aromatic N) is 1. The summed E-state index contributed by atoms with van der Waals surface area (Å²) in [5.74, 6) is 0. The van der Waals surface area contributed by atoms with Gasteiger partial charge in [0.1, 0.15) is 6.26 Å². The molecule has 1 heterocycles. The zero-order valence-electron chi connectivity index (χ0n) is 3.97. The first-order valence-electron chi connectivity index (χ1n) is 1.79. The molecule has 2 nitrogen and oxygen atoms in total. The number of halogens is 2. The van der Waals surface area contributed by atoms with Crippen molar-refractivity contribution in [2.24, 2.45) is 0 Å². The van der Waals surface area contributed by atoms with E-state index in [2.05, 4.69) is 41.6 Å². The highest BCUT2D eigenvalue weighted by Gasteiger charge is 1.62. The predicted octanol–water partition coefficient (Wildman–Crippen LogP) is 1.79. The SMILES string of the molecule is [Br][Mg][Br].[c]1ncco1. The van der Waals surface area contributed by atoms with Crippen molar-refractivity contribution in [1.82, 2.24) is 4.98 Å². The van der Waals surface area contributed by atoms with E-state index >= 15 is 0 Å². The van der Waals surface area contributed by atoms with Gasteiger partial charge in [-0.25, -0.2) is 4.98 Å². The van der Waals surface area contributed by atoms with Crippen molar-refractivity contribution in [2.75, 3.05) is 0 Å². The second kappa shape index (κ2) is 7.94. The van der Waals surface area contributed by atoms with Gasteiger partial charge in [-0.15, -0.1) is 0 Å². The van der Waals surface area contributed by atoms with Crippen molar-refractivity contribution in [3.05, 3.63) is 18.9 Å². The molecule has 0 N–H and O–H groups in total. The average molecular weight is 252 g/mol. The van der Waals surface area contributed by atoms with Crippen molar-refractivity contribution in [3.63, 3.8) is 0 Å². The molecule has 0 aliphatic carbocycles. The van der Waals surface area contributed by atoms with E-state index in [-0.39, 0.29) is 16.0 Å². The van der Waals surface area contributed by atoms with Crippen LogP contribution < -0.4 is 0 Å². The Labute approximate surface area is 69.5 Å². The predicted molar refractivity (Wildman–Crippen MR) is 38.9 cm³/mol. The fourth-order valence-corrected chi connectivity index (χ4v) is 0.152. The van der Waals surface area contributed by atoms with E-state index in [0.717, 1.165) is 0 Å². The van der Waals surface area contributed by atoms with Crippen LogP contribution in [0.3, 0.4) is 0 Å². The molecule has 0 aromatic carbocycles. The normalized spacial score (nSPS) is 6.25. The van der Waals surface area contributed by atoms with Gasteiger partial charge in [-0.3, -0.25) is 25.8 Å². The Morgan fingerprint density at radius 1 is 1.62 bits per heavy atom. The highest BCUT2D eigenvalue weighted by Crippen LogP contribution is 1.77. The first kappa shape index (κ1) is 8.94. The van der Waals surface area contributed by atoms with E-state index in [9.17, 15) is 0 Å². The lowest BCUT2D eigenvalue weighted by molar-refractivity contribution is 0.548. The highest BCUT2D eigenvalue weighted by molar-refractivity contribution is 9.47. The number of hydrogen-bond donors (Lipinski definition) is 0. The lowest BCUT2D eigenvalue weighted by atomic mass is 11.0. The molecule has 0 aliphatic heterocycles. The van der Waals surface area contributed by atoms with Gasteiger partial charge in [0.05, 0.1) is 6.20 Å². The van der Waals surface area contributed by atoms with Crippen LogP contribution in [0.5, 0.6) is 0 Å². The molecule has 41 valence electrons. The maximum Gasteiger partial charge on any atom is 0.560 e. The molecule has 0 amide bonds. The van der Waals surface area contributed by atoms with E-state index in [1.165, 1.54) is 12.5 Å². The van der Waals surface area contributed by atoms with E-state index in [1.54, 1.807) is 0 Å². The van der Waals surface area contributed by atoms with Gasteiger partial charge in [0.2, 0.25) is 0 Å². The second-order valence-corrected chi connectivity index (χ2v) is 8.81. The van der Waals surface area contributed by atoms with Crippen LogP contribution in [0.1, 0.15) is 0 Å². The largest absolute Gasteiger partial charge is 0.560 e. The summed E-state index contributed by atoms with van der Waals surface area (Å²) in [4.78, 5) is 3.43. The quantitative estimate of drug-likeness (QED) is 0.658. The molecule has 0 saturated heterocycles. The molecule has 0 bridgehead atoms. The van der Waals surface area contributed by atoms with Crippen LogP contribution in [-0.2, 0) is 0 Å². The molecule has 0 unspecified atom stereocenters. The van der Waals surface area contributed by atoms with Crippen LogP contribution in [0.25, 0.3) is 0 Å². The minimum Gasteiger partial charge on any atom is -0.441 e. The highest BCUT2D eigenvalue weighted by atomic mass is 79.9. The van der Waals surface area contributed by atoms with E-state index in [4.69, 9.17) is 0 Å². The number of hydrogen-bond acceptors (Lipinski definition) is 2. The molecule has 1 rings (SSSR count). The number of oxazole rings is 1. The van der Waals surface area contributed by atoms with Gasteiger partial charge < -0.3 is 4.42 Å². The summed E-state index contributed by atoms with van der Waals surface area (Å²) in [7, 11) is 0. The second-order valence-electron chi connectivity index (χ2n) is 0.724. The molecule has 0 spiro atoms. The summed E-state index contributed by atoms with van der Waals surface area (Å²) < 4.78 is 4.35. The summed E-state index contributed by atoms with van der Waals surface area (Å²) in [6.45, 7) is 0. The summed E-state index contributed by atoms with van der Waals surface area (Å²) >= 11 is 6.44. The Bertz CT molecular complexity index is 84.2. The Morgan fingerprint density at radius 3 is 2.38 bits per heavy atom. The monoisotopic (exact) mass is 250 g/mol. The van der Waals surface area contributed by atoms with E-state index < -0.39 is 0 Å². The van der Waals surface area contributed by atoms with Crippen molar-refractivity contribution < 1.29 is 4.42 Å². The average Bonchev–Trinajstić information content (AvgIpc) is 2.17. The summed E-state index contributed by atoms with van der Waals surface area (Å²) in [6.07, 6.45) is 5.22. The summed E-state index contributed by atoms with van der Waals surface area (Å²) in [6, 6.07) is 0. The molecule has 0 atom stereocenters. The molecule has 1 aromatic rings. The maximum absolute atomic E-state index is 4.35. The van der Waals surface area contributed by atoms with Crippen molar-refractivity contribution in [3.8, 4) is 0 Å². The lowest BCUT2D eigenvalue weighted by Crippen LogP contribution is -1.40. The van der Waals surface area contributed by atoms with Gasteiger partial charge in [-0.05, 0) is 0 Å². The van der Waals surface area contributed by atoms with E-state index in [0.29, 0.717) is 0 Å². The van der Waals surface area contributed by atoms with Gasteiger partial charge in [-0.1, -0.05) is 0 Å². The molecule has 0 saturated carbocycles. The zero-order valence-corrected chi connectivity index (χ0v) is 8.56. The smallest absolute Gasteiger partial charge is 0.441 e. The van der Waals surface area contributed by atoms with Crippen LogP contribution in [0.4, 0.5) is 0 Å². The van der Waals surface area contributed by atoms with Crippen molar-refractivity contribution >= 4 is 41.8 Å². The van der Waals surface area contributed by atoms with Crippen LogP contribution >= 0.6 is 25.8 Å². The van der Waals surface area contributed by atoms with Crippen LogP contribution in [0.15, 0.2) is 16.9 Å². The van der Waals surface area contributed by atoms with E-state index in [1.807, 2.05) is 0 Å². The van der Waals surface area contributed by atoms with Crippen LogP contribution in [0, 0.1) is 6.39 Å². The van der Waals surface area contributed by atoms with Crippen molar-refractivity contribution in [2.45, 2.75) is 0 Å². The minimum absolute atomic E-state index is 0.0417. The maximum atomic E-state index is 4.35. The Balaban J connectivity index is 0.000000145. The Morgan fingerprint density at radius 2 is 2.25 bits per heavy atom. The third kappa shape index (κ3) is 6.94. The van der Waals surface area contributed by atoms with Gasteiger partial charge in [0, 0.05) is 0 Å². The fourth-order valence-electron chi connectivity index (χ4n) is 0.152. The molecule has 5 heteroatoms. The fraction of sp³-hybridized carbons (Fsp3) is 0. The molecular formula is C3H2Br2MgNO. The van der Waals surface area contributed by atoms with Crippen molar-refractivity contribution in [1.29, 1.82) is 0 Å². The molecule has 0 aliphatic rings. The third-order valence-electron chi connectivity index (χ3n) is 0.309. The number of rotatable bonds is 0. The van der Waals surface area contributed by atoms with Gasteiger partial charge in [-0.2, -0.15) is 0 Å². The van der Waals surface area contributed by atoms with Gasteiger partial charge >= 0.3 is 16.0 Å². The van der Waals surface area contributed by atoms with Gasteiger partial charge in [0.25, 0.3) is 6.39 Å². The lowest BCUT2D eigenvalue weighted by Gasteiger charge is -1.44. The minimum atomic E-state index is 0.0417. The summed E-state index contributed by atoms with van der Waals surface area (Å²) in [5.41, 5.74) is 0. The first-order valence-corrected chi connectivity index (χ1v) is 9.59. The third-order valence-corrected chi connectivity index (χ3v) is 0.309.